The summed E-state index contributed by atoms with van der Waals surface area (Å²) in [6.45, 7) is 7.11. The van der Waals surface area contributed by atoms with E-state index in [9.17, 15) is 0 Å². The minimum absolute atomic E-state index is 0.453. The third-order valence-corrected chi connectivity index (χ3v) is 8.53. The number of unbranched alkanes of at least 4 members (excludes halogenated alkanes) is 6. The standard InChI is InChI=1S/C36H48/c1-4-6-8-9-10-14-26-33-35(30-21-15-16-22-30)32(25-7-5-2)34(36(33)31-23-17-18-24-31)27-28(3)29-19-12-11-13-20-29/h11-13,15-24,28,30-32H,4-10,14,25-27H2,1-3H3. The van der Waals surface area contributed by atoms with Crippen LogP contribution in [0.5, 0.6) is 0 Å². The summed E-state index contributed by atoms with van der Waals surface area (Å²) >= 11 is 0. The van der Waals surface area contributed by atoms with Crippen molar-refractivity contribution in [2.75, 3.05) is 0 Å². The van der Waals surface area contributed by atoms with Gasteiger partial charge in [0.05, 0.1) is 0 Å². The summed E-state index contributed by atoms with van der Waals surface area (Å²) in [5, 5.41) is 0. The smallest absolute Gasteiger partial charge is 0.0207 e. The van der Waals surface area contributed by atoms with Crippen LogP contribution in [0.1, 0.15) is 103 Å². The molecule has 3 aliphatic carbocycles. The molecule has 0 amide bonds. The van der Waals surface area contributed by atoms with E-state index >= 15 is 0 Å². The SMILES string of the molecule is CCCCCCCCC1=C(C2C=CC=C2)C(CCCC)C(CC(C)c2ccccc2)=C1C1C=CC=C1. The van der Waals surface area contributed by atoms with Gasteiger partial charge >= 0.3 is 0 Å². The minimum Gasteiger partial charge on any atom is -0.0735 e. The van der Waals surface area contributed by atoms with Crippen LogP contribution in [-0.4, -0.2) is 0 Å². The monoisotopic (exact) mass is 480 g/mol. The van der Waals surface area contributed by atoms with Gasteiger partial charge in [0, 0.05) is 17.8 Å². The van der Waals surface area contributed by atoms with Crippen LogP contribution in [0.15, 0.2) is 101 Å². The van der Waals surface area contributed by atoms with Crippen molar-refractivity contribution in [3.63, 3.8) is 0 Å². The maximum Gasteiger partial charge on any atom is 0.0207 e. The van der Waals surface area contributed by atoms with Gasteiger partial charge in [-0.2, -0.15) is 0 Å². The summed E-state index contributed by atoms with van der Waals surface area (Å²) in [6, 6.07) is 11.2. The van der Waals surface area contributed by atoms with Gasteiger partial charge in [0.15, 0.2) is 0 Å². The third-order valence-electron chi connectivity index (χ3n) is 8.53. The highest BCUT2D eigenvalue weighted by Gasteiger charge is 2.38. The van der Waals surface area contributed by atoms with Crippen molar-refractivity contribution >= 4 is 0 Å². The molecular formula is C36H48. The van der Waals surface area contributed by atoms with E-state index in [0.29, 0.717) is 23.7 Å². The van der Waals surface area contributed by atoms with Crippen molar-refractivity contribution < 1.29 is 0 Å². The molecule has 0 saturated heterocycles. The van der Waals surface area contributed by atoms with E-state index in [-0.39, 0.29) is 0 Å². The first-order chi connectivity index (χ1) is 17.7. The normalized spacial score (nSPS) is 20.6. The number of allylic oxidation sites excluding steroid dienone is 12. The molecule has 2 unspecified atom stereocenters. The molecule has 0 radical (unpaired) electrons. The van der Waals surface area contributed by atoms with Gasteiger partial charge in [-0.15, -0.1) is 0 Å². The molecule has 0 aliphatic heterocycles. The van der Waals surface area contributed by atoms with Crippen LogP contribution in [0.2, 0.25) is 0 Å². The lowest BCUT2D eigenvalue weighted by atomic mass is 9.79. The summed E-state index contributed by atoms with van der Waals surface area (Å²) in [5.74, 6) is 2.07. The maximum absolute atomic E-state index is 2.46. The highest BCUT2D eigenvalue weighted by atomic mass is 14.4. The van der Waals surface area contributed by atoms with E-state index in [4.69, 9.17) is 0 Å². The van der Waals surface area contributed by atoms with Gasteiger partial charge in [0.1, 0.15) is 0 Å². The zero-order chi connectivity index (χ0) is 25.2. The van der Waals surface area contributed by atoms with Crippen molar-refractivity contribution in [1.82, 2.24) is 0 Å². The lowest BCUT2D eigenvalue weighted by molar-refractivity contribution is 0.542. The Bertz CT molecular complexity index is 985. The molecule has 36 heavy (non-hydrogen) atoms. The Hall–Kier alpha value is -2.34. The van der Waals surface area contributed by atoms with E-state index in [0.717, 1.165) is 0 Å². The molecule has 0 bridgehead atoms. The van der Waals surface area contributed by atoms with Crippen LogP contribution in [0.25, 0.3) is 0 Å². The molecule has 0 spiro atoms. The minimum atomic E-state index is 0.453. The molecule has 0 aromatic heterocycles. The maximum atomic E-state index is 2.46. The lowest BCUT2D eigenvalue weighted by Gasteiger charge is -2.25. The largest absolute Gasteiger partial charge is 0.0735 e. The number of rotatable bonds is 15. The molecule has 0 heterocycles. The summed E-state index contributed by atoms with van der Waals surface area (Å²) < 4.78 is 0. The molecular weight excluding hydrogens is 432 g/mol. The van der Waals surface area contributed by atoms with Gasteiger partial charge in [0.2, 0.25) is 0 Å². The first-order valence-corrected chi connectivity index (χ1v) is 15.0. The average molecular weight is 481 g/mol. The topological polar surface area (TPSA) is 0 Å². The van der Waals surface area contributed by atoms with Crippen molar-refractivity contribution in [2.45, 2.75) is 97.3 Å². The molecule has 2 atom stereocenters. The molecule has 1 aromatic rings. The van der Waals surface area contributed by atoms with Crippen molar-refractivity contribution in [3.05, 3.63) is 107 Å². The Morgan fingerprint density at radius 3 is 1.97 bits per heavy atom. The van der Waals surface area contributed by atoms with Crippen molar-refractivity contribution in [3.8, 4) is 0 Å². The predicted molar refractivity (Wildman–Crippen MR) is 158 cm³/mol. The fourth-order valence-electron chi connectivity index (χ4n) is 6.63. The van der Waals surface area contributed by atoms with E-state index in [1.165, 1.54) is 76.2 Å². The van der Waals surface area contributed by atoms with E-state index in [2.05, 4.69) is 99.7 Å². The third kappa shape index (κ3) is 6.50. The van der Waals surface area contributed by atoms with Crippen LogP contribution < -0.4 is 0 Å². The van der Waals surface area contributed by atoms with Crippen LogP contribution in [-0.2, 0) is 0 Å². The summed E-state index contributed by atoms with van der Waals surface area (Å²) in [5.41, 5.74) is 8.40. The van der Waals surface area contributed by atoms with Gasteiger partial charge in [-0.05, 0) is 53.9 Å². The number of hydrogen-bond donors (Lipinski definition) is 0. The van der Waals surface area contributed by atoms with E-state index in [1.54, 1.807) is 22.3 Å². The molecule has 0 heteroatoms. The van der Waals surface area contributed by atoms with Gasteiger partial charge in [-0.25, -0.2) is 0 Å². The van der Waals surface area contributed by atoms with Crippen LogP contribution >= 0.6 is 0 Å². The highest BCUT2D eigenvalue weighted by molar-refractivity contribution is 5.57. The summed E-state index contributed by atoms with van der Waals surface area (Å²) in [4.78, 5) is 0. The average Bonchev–Trinajstić information content (AvgIpc) is 3.67. The van der Waals surface area contributed by atoms with Crippen molar-refractivity contribution in [2.24, 2.45) is 17.8 Å². The number of benzene rings is 1. The lowest BCUT2D eigenvalue weighted by Crippen LogP contribution is -2.12. The zero-order valence-corrected chi connectivity index (χ0v) is 23.1. The Balaban J connectivity index is 1.70. The van der Waals surface area contributed by atoms with E-state index < -0.39 is 0 Å². The fourth-order valence-corrected chi connectivity index (χ4v) is 6.63. The number of hydrogen-bond acceptors (Lipinski definition) is 0. The van der Waals surface area contributed by atoms with Gasteiger partial charge in [0.25, 0.3) is 0 Å². The van der Waals surface area contributed by atoms with Crippen LogP contribution in [0, 0.1) is 17.8 Å². The zero-order valence-electron chi connectivity index (χ0n) is 23.1. The predicted octanol–water partition coefficient (Wildman–Crippen LogP) is 10.8. The molecule has 0 fully saturated rings. The molecule has 3 aliphatic rings. The Morgan fingerprint density at radius 2 is 1.31 bits per heavy atom. The first kappa shape index (κ1) is 26.7. The van der Waals surface area contributed by atoms with Crippen molar-refractivity contribution in [1.29, 1.82) is 0 Å². The quantitative estimate of drug-likeness (QED) is 0.219. The Labute approximate surface area is 221 Å². The first-order valence-electron chi connectivity index (χ1n) is 15.0. The van der Waals surface area contributed by atoms with Crippen LogP contribution in [0.4, 0.5) is 0 Å². The molecule has 0 nitrogen and oxygen atoms in total. The summed E-state index contributed by atoms with van der Waals surface area (Å²) in [6.07, 6.45) is 33.4. The second-order valence-electron chi connectivity index (χ2n) is 11.2. The summed E-state index contributed by atoms with van der Waals surface area (Å²) in [7, 11) is 0. The van der Waals surface area contributed by atoms with Gasteiger partial charge in [-0.1, -0.05) is 150 Å². The molecule has 0 saturated carbocycles. The van der Waals surface area contributed by atoms with Gasteiger partial charge in [-0.3, -0.25) is 0 Å². The Morgan fingerprint density at radius 1 is 0.694 bits per heavy atom. The van der Waals surface area contributed by atoms with Crippen LogP contribution in [0.3, 0.4) is 0 Å². The Kier molecular flexibility index (Phi) is 10.3. The second kappa shape index (κ2) is 13.8. The fraction of sp³-hybridized carbons (Fsp3) is 0.500. The van der Waals surface area contributed by atoms with Gasteiger partial charge < -0.3 is 0 Å². The molecule has 192 valence electrons. The second-order valence-corrected chi connectivity index (χ2v) is 11.2. The van der Waals surface area contributed by atoms with E-state index in [1.807, 2.05) is 0 Å². The molecule has 0 N–H and O–H groups in total. The molecule has 4 rings (SSSR count). The molecule has 1 aromatic carbocycles. The highest BCUT2D eigenvalue weighted by Crippen LogP contribution is 2.52.